The Morgan fingerprint density at radius 1 is 1.06 bits per heavy atom. The molecule has 0 amide bonds. The molecule has 186 valence electrons. The zero-order valence-electron chi connectivity index (χ0n) is 20.6. The van der Waals surface area contributed by atoms with Crippen molar-refractivity contribution in [2.75, 3.05) is 38.8 Å². The smallest absolute Gasteiger partial charge is 0.149 e. The first-order chi connectivity index (χ1) is 16.6. The van der Waals surface area contributed by atoms with Crippen molar-refractivity contribution in [2.45, 2.75) is 64.0 Å². The average Bonchev–Trinajstić information content (AvgIpc) is 2.86. The van der Waals surface area contributed by atoms with Crippen LogP contribution in [0.15, 0.2) is 30.7 Å². The predicted molar refractivity (Wildman–Crippen MR) is 133 cm³/mol. The molecule has 1 saturated carbocycles. The molecule has 0 aromatic carbocycles. The molecule has 1 saturated heterocycles. The van der Waals surface area contributed by atoms with Crippen LogP contribution in [0.25, 0.3) is 11.1 Å². The lowest BCUT2D eigenvalue weighted by atomic mass is 9.83. The van der Waals surface area contributed by atoms with Gasteiger partial charge in [-0.25, -0.2) is 4.39 Å². The van der Waals surface area contributed by atoms with Crippen LogP contribution in [-0.4, -0.2) is 55.5 Å². The Hall–Kier alpha value is -2.09. The van der Waals surface area contributed by atoms with E-state index in [-0.39, 0.29) is 5.82 Å². The number of methoxy groups -OCH3 is 1. The highest BCUT2D eigenvalue weighted by Gasteiger charge is 2.23. The van der Waals surface area contributed by atoms with Crippen molar-refractivity contribution in [2.24, 2.45) is 11.8 Å². The minimum atomic E-state index is -0.299. The molecule has 3 heterocycles. The predicted octanol–water partition coefficient (Wildman–Crippen LogP) is 4.85. The second-order valence-corrected chi connectivity index (χ2v) is 10.00. The van der Waals surface area contributed by atoms with Gasteiger partial charge in [-0.05, 0) is 75.8 Å². The summed E-state index contributed by atoms with van der Waals surface area (Å²) in [6, 6.07) is 4.84. The third kappa shape index (κ3) is 7.20. The number of aromatic nitrogens is 2. The van der Waals surface area contributed by atoms with Crippen molar-refractivity contribution in [3.05, 3.63) is 42.2 Å². The molecule has 0 spiro atoms. The van der Waals surface area contributed by atoms with Crippen LogP contribution in [0, 0.1) is 17.7 Å². The van der Waals surface area contributed by atoms with E-state index in [1.165, 1.54) is 19.0 Å². The summed E-state index contributed by atoms with van der Waals surface area (Å²) in [6.07, 6.45) is 12.6. The van der Waals surface area contributed by atoms with Gasteiger partial charge in [0.15, 0.2) is 0 Å². The van der Waals surface area contributed by atoms with E-state index in [1.54, 1.807) is 13.3 Å². The Balaban J connectivity index is 1.34. The summed E-state index contributed by atoms with van der Waals surface area (Å²) in [6.45, 7) is 5.47. The zero-order valence-corrected chi connectivity index (χ0v) is 20.6. The summed E-state index contributed by atoms with van der Waals surface area (Å²) in [5.74, 6) is 0.898. The maximum atomic E-state index is 14.7. The van der Waals surface area contributed by atoms with Crippen molar-refractivity contribution in [1.29, 1.82) is 0 Å². The molecule has 2 fully saturated rings. The number of hydrogen-bond donors (Lipinski definition) is 2. The van der Waals surface area contributed by atoms with Crippen LogP contribution < -0.4 is 10.6 Å². The number of halogens is 1. The fourth-order valence-corrected chi connectivity index (χ4v) is 5.24. The molecule has 2 N–H and O–H groups in total. The van der Waals surface area contributed by atoms with Crippen LogP contribution in [0.3, 0.4) is 0 Å². The second kappa shape index (κ2) is 12.6. The Morgan fingerprint density at radius 2 is 1.85 bits per heavy atom. The molecule has 6 nitrogen and oxygen atoms in total. The molecular weight excluding hydrogens is 431 g/mol. The molecular formula is C27H39FN4O2. The van der Waals surface area contributed by atoms with Gasteiger partial charge in [0.2, 0.25) is 0 Å². The van der Waals surface area contributed by atoms with Gasteiger partial charge >= 0.3 is 0 Å². The molecule has 2 aromatic heterocycles. The fraction of sp³-hybridized carbons (Fsp3) is 0.630. The molecule has 0 radical (unpaired) electrons. The van der Waals surface area contributed by atoms with Gasteiger partial charge in [-0.2, -0.15) is 0 Å². The first-order valence-corrected chi connectivity index (χ1v) is 12.8. The molecule has 4 rings (SSSR count). The molecule has 1 atom stereocenters. The Kier molecular flexibility index (Phi) is 9.25. The minimum absolute atomic E-state index is 0.299. The Bertz CT molecular complexity index is 898. The lowest BCUT2D eigenvalue weighted by Crippen LogP contribution is -2.41. The fourth-order valence-electron chi connectivity index (χ4n) is 5.24. The van der Waals surface area contributed by atoms with Crippen LogP contribution in [0.4, 0.5) is 10.1 Å². The van der Waals surface area contributed by atoms with E-state index in [1.807, 2.05) is 18.3 Å². The van der Waals surface area contributed by atoms with Crippen LogP contribution in [-0.2, 0) is 15.9 Å². The minimum Gasteiger partial charge on any atom is -0.384 e. The monoisotopic (exact) mass is 470 g/mol. The van der Waals surface area contributed by atoms with Gasteiger partial charge in [0, 0.05) is 68.2 Å². The van der Waals surface area contributed by atoms with Gasteiger partial charge in [-0.15, -0.1) is 0 Å². The summed E-state index contributed by atoms with van der Waals surface area (Å²) in [7, 11) is 1.75. The SMILES string of the molecule is COC[C@H](C)NC1CCC(Cc2cc(-c3cncc(NCC4CCOCC4)c3)c(F)cn2)CC1. The van der Waals surface area contributed by atoms with Crippen LogP contribution >= 0.6 is 0 Å². The first-order valence-electron chi connectivity index (χ1n) is 12.8. The van der Waals surface area contributed by atoms with Crippen molar-refractivity contribution < 1.29 is 13.9 Å². The average molecular weight is 471 g/mol. The largest absolute Gasteiger partial charge is 0.384 e. The van der Waals surface area contributed by atoms with E-state index in [2.05, 4.69) is 27.5 Å². The third-order valence-corrected chi connectivity index (χ3v) is 7.18. The molecule has 2 aromatic rings. The van der Waals surface area contributed by atoms with E-state index >= 15 is 0 Å². The van der Waals surface area contributed by atoms with E-state index in [4.69, 9.17) is 9.47 Å². The van der Waals surface area contributed by atoms with Crippen molar-refractivity contribution in [3.63, 3.8) is 0 Å². The van der Waals surface area contributed by atoms with Crippen LogP contribution in [0.1, 0.15) is 51.1 Å². The lowest BCUT2D eigenvalue weighted by Gasteiger charge is -2.31. The summed E-state index contributed by atoms with van der Waals surface area (Å²) in [5.41, 5.74) is 3.26. The third-order valence-electron chi connectivity index (χ3n) is 7.18. The molecule has 0 unspecified atom stereocenters. The number of pyridine rings is 2. The number of ether oxygens (including phenoxy) is 2. The highest BCUT2D eigenvalue weighted by atomic mass is 19.1. The van der Waals surface area contributed by atoms with Crippen molar-refractivity contribution in [3.8, 4) is 11.1 Å². The summed E-state index contributed by atoms with van der Waals surface area (Å²) in [5, 5.41) is 7.15. The maximum absolute atomic E-state index is 14.7. The zero-order chi connectivity index (χ0) is 23.8. The van der Waals surface area contributed by atoms with Gasteiger partial charge in [0.1, 0.15) is 5.82 Å². The van der Waals surface area contributed by atoms with E-state index in [9.17, 15) is 4.39 Å². The number of anilines is 1. The van der Waals surface area contributed by atoms with Crippen molar-refractivity contribution in [1.82, 2.24) is 15.3 Å². The maximum Gasteiger partial charge on any atom is 0.149 e. The van der Waals surface area contributed by atoms with E-state index in [0.29, 0.717) is 29.5 Å². The van der Waals surface area contributed by atoms with E-state index in [0.717, 1.165) is 75.4 Å². The summed E-state index contributed by atoms with van der Waals surface area (Å²) in [4.78, 5) is 8.78. The summed E-state index contributed by atoms with van der Waals surface area (Å²) < 4.78 is 25.4. The highest BCUT2D eigenvalue weighted by molar-refractivity contribution is 5.67. The standard InChI is InChI=1S/C27H39FN4O2/c1-19(18-33-2)32-23-5-3-20(4-6-23)11-24-13-26(27(28)17-31-24)22-12-25(16-29-15-22)30-14-21-7-9-34-10-8-21/h12-13,15-17,19-21,23,30,32H,3-11,14,18H2,1-2H3/t19-,20?,23?/m0/s1. The number of nitrogens with one attached hydrogen (secondary N) is 2. The number of rotatable bonds is 10. The highest BCUT2D eigenvalue weighted by Crippen LogP contribution is 2.30. The molecule has 7 heteroatoms. The molecule has 1 aliphatic heterocycles. The topological polar surface area (TPSA) is 68.3 Å². The van der Waals surface area contributed by atoms with Gasteiger partial charge in [-0.1, -0.05) is 0 Å². The van der Waals surface area contributed by atoms with E-state index < -0.39 is 0 Å². The van der Waals surface area contributed by atoms with Crippen LogP contribution in [0.5, 0.6) is 0 Å². The first kappa shape index (κ1) is 25.0. The normalized spacial score (nSPS) is 22.4. The molecule has 1 aliphatic carbocycles. The van der Waals surface area contributed by atoms with Crippen LogP contribution in [0.2, 0.25) is 0 Å². The van der Waals surface area contributed by atoms with Gasteiger partial charge in [0.25, 0.3) is 0 Å². The lowest BCUT2D eigenvalue weighted by molar-refractivity contribution is 0.0699. The van der Waals surface area contributed by atoms with Gasteiger partial charge < -0.3 is 20.1 Å². The quantitative estimate of drug-likeness (QED) is 0.518. The molecule has 34 heavy (non-hydrogen) atoms. The Morgan fingerprint density at radius 3 is 2.62 bits per heavy atom. The Labute approximate surface area is 203 Å². The summed E-state index contributed by atoms with van der Waals surface area (Å²) >= 11 is 0. The number of nitrogens with zero attached hydrogens (tertiary/aromatic N) is 2. The van der Waals surface area contributed by atoms with Gasteiger partial charge in [-0.3, -0.25) is 9.97 Å². The molecule has 2 aliphatic rings. The number of hydrogen-bond acceptors (Lipinski definition) is 6. The second-order valence-electron chi connectivity index (χ2n) is 10.00. The van der Waals surface area contributed by atoms with Gasteiger partial charge in [0.05, 0.1) is 18.5 Å². The van der Waals surface area contributed by atoms with Crippen molar-refractivity contribution >= 4 is 5.69 Å². The molecule has 0 bridgehead atoms.